The van der Waals surface area contributed by atoms with Gasteiger partial charge in [-0.3, -0.25) is 0 Å². The van der Waals surface area contributed by atoms with Crippen LogP contribution in [0.5, 0.6) is 0 Å². The summed E-state index contributed by atoms with van der Waals surface area (Å²) in [5.41, 5.74) is 3.44. The van der Waals surface area contributed by atoms with Crippen LogP contribution in [0.15, 0.2) is 24.3 Å². The zero-order chi connectivity index (χ0) is 15.2. The highest BCUT2D eigenvalue weighted by Gasteiger charge is 2.21. The van der Waals surface area contributed by atoms with Gasteiger partial charge in [0.15, 0.2) is 0 Å². The molecule has 1 aromatic rings. The third-order valence-corrected chi connectivity index (χ3v) is 3.64. The number of ether oxygens (including phenoxy) is 1. The van der Waals surface area contributed by atoms with Crippen LogP contribution in [0.25, 0.3) is 6.08 Å². The molecular formula is C16H22N2O3. The second-order valence-corrected chi connectivity index (χ2v) is 5.08. The molecule has 0 aliphatic carbocycles. The van der Waals surface area contributed by atoms with Crippen LogP contribution in [0.4, 0.5) is 10.5 Å². The molecule has 1 saturated heterocycles. The SMILES string of the molecule is CC=Cc1cc(COC)ccc1N1CCN(C(=O)O)CC1. The molecule has 0 spiro atoms. The van der Waals surface area contributed by atoms with Gasteiger partial charge in [-0.1, -0.05) is 18.2 Å². The molecule has 1 heterocycles. The van der Waals surface area contributed by atoms with Crippen molar-refractivity contribution in [1.29, 1.82) is 0 Å². The lowest BCUT2D eigenvalue weighted by Crippen LogP contribution is -2.48. The van der Waals surface area contributed by atoms with E-state index in [0.29, 0.717) is 19.7 Å². The highest BCUT2D eigenvalue weighted by atomic mass is 16.5. The number of carboxylic acid groups (broad SMARTS) is 1. The largest absolute Gasteiger partial charge is 0.465 e. The fourth-order valence-electron chi connectivity index (χ4n) is 2.60. The summed E-state index contributed by atoms with van der Waals surface area (Å²) in [6, 6.07) is 6.29. The van der Waals surface area contributed by atoms with Crippen LogP contribution in [0.3, 0.4) is 0 Å². The molecule has 0 bridgehead atoms. The lowest BCUT2D eigenvalue weighted by Gasteiger charge is -2.35. The van der Waals surface area contributed by atoms with Crippen molar-refractivity contribution in [2.75, 3.05) is 38.2 Å². The maximum absolute atomic E-state index is 11.0. The van der Waals surface area contributed by atoms with Crippen molar-refractivity contribution in [3.05, 3.63) is 35.4 Å². The van der Waals surface area contributed by atoms with Gasteiger partial charge in [-0.25, -0.2) is 4.79 Å². The van der Waals surface area contributed by atoms with Gasteiger partial charge in [-0.05, 0) is 30.2 Å². The minimum absolute atomic E-state index is 0.546. The van der Waals surface area contributed by atoms with Gasteiger partial charge in [0.2, 0.25) is 0 Å². The second-order valence-electron chi connectivity index (χ2n) is 5.08. The molecule has 1 aliphatic heterocycles. The fraction of sp³-hybridized carbons (Fsp3) is 0.438. The monoisotopic (exact) mass is 290 g/mol. The first-order valence-corrected chi connectivity index (χ1v) is 7.13. The fourth-order valence-corrected chi connectivity index (χ4v) is 2.60. The Hall–Kier alpha value is -2.01. The molecule has 5 heteroatoms. The van der Waals surface area contributed by atoms with Crippen molar-refractivity contribution in [3.8, 4) is 0 Å². The van der Waals surface area contributed by atoms with E-state index in [-0.39, 0.29) is 0 Å². The Morgan fingerprint density at radius 1 is 1.33 bits per heavy atom. The van der Waals surface area contributed by atoms with Crippen LogP contribution in [-0.2, 0) is 11.3 Å². The normalized spacial score (nSPS) is 15.7. The van der Waals surface area contributed by atoms with Crippen molar-refractivity contribution in [3.63, 3.8) is 0 Å². The minimum atomic E-state index is -0.834. The molecular weight excluding hydrogens is 268 g/mol. The van der Waals surface area contributed by atoms with Crippen molar-refractivity contribution < 1.29 is 14.6 Å². The molecule has 2 rings (SSSR count). The first-order chi connectivity index (χ1) is 10.2. The summed E-state index contributed by atoms with van der Waals surface area (Å²) >= 11 is 0. The number of amides is 1. The van der Waals surface area contributed by atoms with Crippen LogP contribution in [0, 0.1) is 0 Å². The van der Waals surface area contributed by atoms with Crippen LogP contribution < -0.4 is 4.90 Å². The van der Waals surface area contributed by atoms with E-state index in [9.17, 15) is 4.79 Å². The predicted molar refractivity (Wildman–Crippen MR) is 83.7 cm³/mol. The Kier molecular flexibility index (Phi) is 5.22. The maximum Gasteiger partial charge on any atom is 0.407 e. The third kappa shape index (κ3) is 3.76. The van der Waals surface area contributed by atoms with Crippen molar-refractivity contribution in [1.82, 2.24) is 4.90 Å². The summed E-state index contributed by atoms with van der Waals surface area (Å²) in [4.78, 5) is 14.7. The van der Waals surface area contributed by atoms with E-state index in [1.807, 2.05) is 13.0 Å². The van der Waals surface area contributed by atoms with Gasteiger partial charge in [0.1, 0.15) is 0 Å². The van der Waals surface area contributed by atoms with Gasteiger partial charge in [0.25, 0.3) is 0 Å². The first kappa shape index (κ1) is 15.4. The summed E-state index contributed by atoms with van der Waals surface area (Å²) in [5.74, 6) is 0. The second kappa shape index (κ2) is 7.13. The number of carbonyl (C=O) groups is 1. The molecule has 0 aromatic heterocycles. The van der Waals surface area contributed by atoms with Crippen molar-refractivity contribution >= 4 is 17.9 Å². The van der Waals surface area contributed by atoms with E-state index in [4.69, 9.17) is 9.84 Å². The van der Waals surface area contributed by atoms with Gasteiger partial charge < -0.3 is 19.6 Å². The number of hydrogen-bond acceptors (Lipinski definition) is 3. The Bertz CT molecular complexity index is 520. The summed E-state index contributed by atoms with van der Waals surface area (Å²) in [6.07, 6.45) is 3.26. The summed E-state index contributed by atoms with van der Waals surface area (Å²) in [5, 5.41) is 9.01. The molecule has 114 valence electrons. The Morgan fingerprint density at radius 2 is 2.05 bits per heavy atom. The molecule has 21 heavy (non-hydrogen) atoms. The quantitative estimate of drug-likeness (QED) is 0.926. The van der Waals surface area contributed by atoms with E-state index < -0.39 is 6.09 Å². The average Bonchev–Trinajstić information content (AvgIpc) is 2.48. The molecule has 1 N–H and O–H groups in total. The topological polar surface area (TPSA) is 53.0 Å². The van der Waals surface area contributed by atoms with Gasteiger partial charge >= 0.3 is 6.09 Å². The molecule has 1 fully saturated rings. The number of anilines is 1. The zero-order valence-corrected chi connectivity index (χ0v) is 12.6. The highest BCUT2D eigenvalue weighted by molar-refractivity contribution is 5.70. The van der Waals surface area contributed by atoms with Gasteiger partial charge in [-0.2, -0.15) is 0 Å². The van der Waals surface area contributed by atoms with E-state index in [2.05, 4.69) is 29.2 Å². The lowest BCUT2D eigenvalue weighted by molar-refractivity contribution is 0.142. The first-order valence-electron chi connectivity index (χ1n) is 7.13. The highest BCUT2D eigenvalue weighted by Crippen LogP contribution is 2.25. The summed E-state index contributed by atoms with van der Waals surface area (Å²) < 4.78 is 5.18. The van der Waals surface area contributed by atoms with Crippen LogP contribution in [0.1, 0.15) is 18.1 Å². The Balaban J connectivity index is 2.17. The number of nitrogens with zero attached hydrogens (tertiary/aromatic N) is 2. The average molecular weight is 290 g/mol. The van der Waals surface area contributed by atoms with Crippen molar-refractivity contribution in [2.24, 2.45) is 0 Å². The maximum atomic E-state index is 11.0. The molecule has 5 nitrogen and oxygen atoms in total. The number of hydrogen-bond donors (Lipinski definition) is 1. The van der Waals surface area contributed by atoms with Crippen LogP contribution in [-0.4, -0.2) is 49.4 Å². The minimum Gasteiger partial charge on any atom is -0.465 e. The Morgan fingerprint density at radius 3 is 2.62 bits per heavy atom. The van der Waals surface area contributed by atoms with Gasteiger partial charge in [0.05, 0.1) is 6.61 Å². The van der Waals surface area contributed by atoms with Crippen LogP contribution in [0.2, 0.25) is 0 Å². The zero-order valence-electron chi connectivity index (χ0n) is 12.6. The number of methoxy groups -OCH3 is 1. The van der Waals surface area contributed by atoms with E-state index in [0.717, 1.165) is 29.9 Å². The van der Waals surface area contributed by atoms with Crippen molar-refractivity contribution in [2.45, 2.75) is 13.5 Å². The number of piperazine rings is 1. The summed E-state index contributed by atoms with van der Waals surface area (Å²) in [7, 11) is 1.69. The summed E-state index contributed by atoms with van der Waals surface area (Å²) in [6.45, 7) is 5.13. The molecule has 0 unspecified atom stereocenters. The van der Waals surface area contributed by atoms with Gasteiger partial charge in [-0.15, -0.1) is 0 Å². The number of allylic oxidation sites excluding steroid dienone is 1. The van der Waals surface area contributed by atoms with Gasteiger partial charge in [0, 0.05) is 39.0 Å². The lowest BCUT2D eigenvalue weighted by atomic mass is 10.1. The van der Waals surface area contributed by atoms with E-state index >= 15 is 0 Å². The number of rotatable bonds is 4. The molecule has 1 aliphatic rings. The molecule has 0 radical (unpaired) electrons. The predicted octanol–water partition coefficient (Wildman–Crippen LogP) is 2.67. The number of benzene rings is 1. The molecule has 0 atom stereocenters. The molecule has 1 aromatic carbocycles. The third-order valence-electron chi connectivity index (χ3n) is 3.64. The Labute approximate surface area is 125 Å². The smallest absolute Gasteiger partial charge is 0.407 e. The van der Waals surface area contributed by atoms with E-state index in [1.54, 1.807) is 7.11 Å². The van der Waals surface area contributed by atoms with Crippen LogP contribution >= 0.6 is 0 Å². The standard InChI is InChI=1S/C16H22N2O3/c1-3-4-14-11-13(12-21-2)5-6-15(14)17-7-9-18(10-8-17)16(19)20/h3-6,11H,7-10,12H2,1-2H3,(H,19,20). The molecule has 1 amide bonds. The molecule has 0 saturated carbocycles. The van der Waals surface area contributed by atoms with E-state index in [1.165, 1.54) is 4.90 Å².